The number of nitrogens with zero attached hydrogens (tertiary/aromatic N) is 3. The zero-order chi connectivity index (χ0) is 15.4. The molecule has 7 nitrogen and oxygen atoms in total. The van der Waals surface area contributed by atoms with Crippen molar-refractivity contribution in [1.29, 1.82) is 0 Å². The van der Waals surface area contributed by atoms with Gasteiger partial charge in [-0.15, -0.1) is 10.2 Å². The highest BCUT2D eigenvalue weighted by atomic mass is 32.1. The maximum Gasteiger partial charge on any atom is 0.311 e. The lowest BCUT2D eigenvalue weighted by Crippen LogP contribution is -2.01. The third-order valence-corrected chi connectivity index (χ3v) is 3.59. The molecule has 0 saturated carbocycles. The molecule has 112 valence electrons. The highest BCUT2D eigenvalue weighted by Gasteiger charge is 2.19. The number of rotatable bonds is 6. The predicted octanol–water partition coefficient (Wildman–Crippen LogP) is 3.07. The summed E-state index contributed by atoms with van der Waals surface area (Å²) in [5, 5.41) is 23.5. The van der Waals surface area contributed by atoms with Gasteiger partial charge in [-0.25, -0.2) is 0 Å². The number of aryl methyl sites for hydroxylation is 2. The second kappa shape index (κ2) is 6.49. The van der Waals surface area contributed by atoms with E-state index < -0.39 is 4.92 Å². The molecule has 0 atom stereocenters. The first-order valence-electron chi connectivity index (χ1n) is 6.46. The van der Waals surface area contributed by atoms with E-state index in [-0.39, 0.29) is 18.0 Å². The van der Waals surface area contributed by atoms with Gasteiger partial charge in [-0.1, -0.05) is 17.4 Å². The van der Waals surface area contributed by atoms with Crippen molar-refractivity contribution in [1.82, 2.24) is 10.2 Å². The fraction of sp³-hybridized carbons (Fsp3) is 0.385. The number of nitro groups is 1. The van der Waals surface area contributed by atoms with Crippen molar-refractivity contribution in [3.8, 4) is 5.75 Å². The van der Waals surface area contributed by atoms with Crippen molar-refractivity contribution in [3.05, 3.63) is 38.4 Å². The Labute approximate surface area is 126 Å². The van der Waals surface area contributed by atoms with Crippen molar-refractivity contribution in [2.45, 2.75) is 27.4 Å². The molecule has 1 aromatic heterocycles. The van der Waals surface area contributed by atoms with Gasteiger partial charge >= 0.3 is 5.69 Å². The van der Waals surface area contributed by atoms with Crippen LogP contribution in [-0.2, 0) is 6.61 Å². The van der Waals surface area contributed by atoms with Crippen molar-refractivity contribution >= 4 is 22.2 Å². The maximum absolute atomic E-state index is 11.1. The van der Waals surface area contributed by atoms with E-state index in [2.05, 4.69) is 15.5 Å². The van der Waals surface area contributed by atoms with Gasteiger partial charge in [0.2, 0.25) is 5.13 Å². The first kappa shape index (κ1) is 15.2. The molecule has 0 aliphatic carbocycles. The molecule has 0 unspecified atom stereocenters. The van der Waals surface area contributed by atoms with E-state index in [1.807, 2.05) is 19.9 Å². The molecule has 0 saturated heterocycles. The van der Waals surface area contributed by atoms with Crippen LogP contribution in [0.25, 0.3) is 0 Å². The van der Waals surface area contributed by atoms with Crippen LogP contribution in [0.1, 0.15) is 23.1 Å². The van der Waals surface area contributed by atoms with E-state index in [9.17, 15) is 10.1 Å². The summed E-state index contributed by atoms with van der Waals surface area (Å²) in [4.78, 5) is 10.7. The predicted molar refractivity (Wildman–Crippen MR) is 81.0 cm³/mol. The van der Waals surface area contributed by atoms with Crippen LogP contribution in [0.2, 0.25) is 0 Å². The second-order valence-electron chi connectivity index (χ2n) is 4.51. The van der Waals surface area contributed by atoms with E-state index in [4.69, 9.17) is 4.74 Å². The minimum atomic E-state index is -0.431. The third-order valence-electron chi connectivity index (χ3n) is 2.73. The number of nitro benzene ring substituents is 1. The highest BCUT2D eigenvalue weighted by molar-refractivity contribution is 7.15. The van der Waals surface area contributed by atoms with Gasteiger partial charge < -0.3 is 10.1 Å². The molecular formula is C13H16N4O3S. The van der Waals surface area contributed by atoms with Crippen molar-refractivity contribution in [2.75, 3.05) is 11.9 Å². The third kappa shape index (κ3) is 3.66. The van der Waals surface area contributed by atoms with Gasteiger partial charge in [0, 0.05) is 12.6 Å². The van der Waals surface area contributed by atoms with E-state index in [1.165, 1.54) is 17.4 Å². The largest absolute Gasteiger partial charge is 0.479 e. The summed E-state index contributed by atoms with van der Waals surface area (Å²) in [7, 11) is 0. The average Bonchev–Trinajstić information content (AvgIpc) is 2.85. The molecule has 0 bridgehead atoms. The monoisotopic (exact) mass is 308 g/mol. The van der Waals surface area contributed by atoms with Gasteiger partial charge in [0.15, 0.2) is 10.8 Å². The van der Waals surface area contributed by atoms with Crippen LogP contribution in [0.5, 0.6) is 5.75 Å². The Hall–Kier alpha value is -2.22. The summed E-state index contributed by atoms with van der Waals surface area (Å²) in [6, 6.07) is 3.36. The fourth-order valence-electron chi connectivity index (χ4n) is 1.92. The number of benzene rings is 1. The molecule has 21 heavy (non-hydrogen) atoms. The summed E-state index contributed by atoms with van der Waals surface area (Å²) < 4.78 is 5.60. The summed E-state index contributed by atoms with van der Waals surface area (Å²) in [5.41, 5.74) is 1.54. The molecule has 1 N–H and O–H groups in total. The standard InChI is InChI=1S/C13H16N4O3S/c1-4-14-13-16-15-11(21-13)7-20-12-9(3)5-8(2)6-10(12)17(18)19/h5-6H,4,7H2,1-3H3,(H,14,16). The lowest BCUT2D eigenvalue weighted by molar-refractivity contribution is -0.386. The van der Waals surface area contributed by atoms with E-state index in [0.29, 0.717) is 10.1 Å². The Balaban J connectivity index is 2.17. The number of aromatic nitrogens is 2. The van der Waals surface area contributed by atoms with Gasteiger partial charge in [0.25, 0.3) is 0 Å². The first-order chi connectivity index (χ1) is 10.0. The van der Waals surface area contributed by atoms with Gasteiger partial charge in [-0.05, 0) is 31.9 Å². The molecule has 0 fully saturated rings. The Bertz CT molecular complexity index is 657. The molecule has 0 aliphatic rings. The minimum Gasteiger partial charge on any atom is -0.479 e. The van der Waals surface area contributed by atoms with Crippen LogP contribution in [0, 0.1) is 24.0 Å². The average molecular weight is 308 g/mol. The Morgan fingerprint density at radius 2 is 2.14 bits per heavy atom. The highest BCUT2D eigenvalue weighted by Crippen LogP contribution is 2.33. The van der Waals surface area contributed by atoms with Crippen molar-refractivity contribution < 1.29 is 9.66 Å². The van der Waals surface area contributed by atoms with E-state index >= 15 is 0 Å². The molecule has 0 aliphatic heterocycles. The molecule has 0 radical (unpaired) electrons. The maximum atomic E-state index is 11.1. The molecule has 2 rings (SSSR count). The smallest absolute Gasteiger partial charge is 0.311 e. The van der Waals surface area contributed by atoms with Crippen LogP contribution in [0.15, 0.2) is 12.1 Å². The molecular weight excluding hydrogens is 292 g/mol. The topological polar surface area (TPSA) is 90.2 Å². The Morgan fingerprint density at radius 1 is 1.38 bits per heavy atom. The summed E-state index contributed by atoms with van der Waals surface area (Å²) in [6.07, 6.45) is 0. The molecule has 1 aromatic carbocycles. The molecule has 0 spiro atoms. The molecule has 1 heterocycles. The summed E-state index contributed by atoms with van der Waals surface area (Å²) in [6.45, 7) is 6.50. The van der Waals surface area contributed by atoms with Crippen molar-refractivity contribution in [2.24, 2.45) is 0 Å². The van der Waals surface area contributed by atoms with Crippen LogP contribution in [0.3, 0.4) is 0 Å². The number of hydrogen-bond acceptors (Lipinski definition) is 7. The molecule has 2 aromatic rings. The Kier molecular flexibility index (Phi) is 4.69. The van der Waals surface area contributed by atoms with Crippen LogP contribution >= 0.6 is 11.3 Å². The van der Waals surface area contributed by atoms with Crippen LogP contribution < -0.4 is 10.1 Å². The first-order valence-corrected chi connectivity index (χ1v) is 7.27. The number of nitrogens with one attached hydrogen (secondary N) is 1. The lowest BCUT2D eigenvalue weighted by Gasteiger charge is -2.09. The zero-order valence-corrected chi connectivity index (χ0v) is 12.9. The second-order valence-corrected chi connectivity index (χ2v) is 5.57. The van der Waals surface area contributed by atoms with Crippen LogP contribution in [0.4, 0.5) is 10.8 Å². The zero-order valence-electron chi connectivity index (χ0n) is 12.0. The van der Waals surface area contributed by atoms with Gasteiger partial charge in [0.05, 0.1) is 4.92 Å². The van der Waals surface area contributed by atoms with Gasteiger partial charge in [0.1, 0.15) is 6.61 Å². The van der Waals surface area contributed by atoms with Gasteiger partial charge in [-0.3, -0.25) is 10.1 Å². The summed E-state index contributed by atoms with van der Waals surface area (Å²) >= 11 is 1.37. The summed E-state index contributed by atoms with van der Waals surface area (Å²) in [5.74, 6) is 0.283. The molecule has 8 heteroatoms. The fourth-order valence-corrected chi connectivity index (χ4v) is 2.64. The van der Waals surface area contributed by atoms with Gasteiger partial charge in [-0.2, -0.15) is 0 Å². The SMILES string of the molecule is CCNc1nnc(COc2c(C)cc(C)cc2[N+](=O)[O-])s1. The van der Waals surface area contributed by atoms with E-state index in [1.54, 1.807) is 6.92 Å². The lowest BCUT2D eigenvalue weighted by atomic mass is 10.1. The quantitative estimate of drug-likeness (QED) is 0.651. The minimum absolute atomic E-state index is 0.0241. The number of anilines is 1. The Morgan fingerprint density at radius 3 is 2.81 bits per heavy atom. The van der Waals surface area contributed by atoms with E-state index in [0.717, 1.165) is 17.7 Å². The number of ether oxygens (including phenoxy) is 1. The molecule has 0 amide bonds. The van der Waals surface area contributed by atoms with Crippen LogP contribution in [-0.4, -0.2) is 21.7 Å². The normalized spacial score (nSPS) is 10.4. The number of hydrogen-bond donors (Lipinski definition) is 1. The van der Waals surface area contributed by atoms with Crippen molar-refractivity contribution in [3.63, 3.8) is 0 Å².